The van der Waals surface area contributed by atoms with Crippen LogP contribution in [0.5, 0.6) is 5.75 Å². The van der Waals surface area contributed by atoms with Crippen molar-refractivity contribution in [2.75, 3.05) is 0 Å². The average molecular weight is 322 g/mol. The summed E-state index contributed by atoms with van der Waals surface area (Å²) in [6, 6.07) is 14.5. The van der Waals surface area contributed by atoms with Crippen molar-refractivity contribution in [1.82, 2.24) is 0 Å². The fourth-order valence-corrected chi connectivity index (χ4v) is 2.90. The van der Waals surface area contributed by atoms with Crippen LogP contribution in [0.15, 0.2) is 57.7 Å². The van der Waals surface area contributed by atoms with Gasteiger partial charge in [-0.3, -0.25) is 4.79 Å². The summed E-state index contributed by atoms with van der Waals surface area (Å²) in [4.78, 5) is 24.4. The highest BCUT2D eigenvalue weighted by Gasteiger charge is 2.23. The molecule has 0 radical (unpaired) electrons. The van der Waals surface area contributed by atoms with Gasteiger partial charge in [-0.1, -0.05) is 42.0 Å². The van der Waals surface area contributed by atoms with Gasteiger partial charge in [0.1, 0.15) is 17.1 Å². The lowest BCUT2D eigenvalue weighted by molar-refractivity contribution is -0.118. The first-order valence-corrected chi connectivity index (χ1v) is 7.78. The van der Waals surface area contributed by atoms with Gasteiger partial charge in [0, 0.05) is 5.92 Å². The van der Waals surface area contributed by atoms with E-state index >= 15 is 0 Å². The number of hydrogen-bond acceptors (Lipinski definition) is 4. The van der Waals surface area contributed by atoms with E-state index in [-0.39, 0.29) is 23.5 Å². The summed E-state index contributed by atoms with van der Waals surface area (Å²) in [6.45, 7) is 3.38. The molecule has 4 nitrogen and oxygen atoms in total. The van der Waals surface area contributed by atoms with E-state index < -0.39 is 11.5 Å². The molecule has 1 N–H and O–H groups in total. The number of aromatic hydroxyl groups is 1. The molecule has 4 heteroatoms. The van der Waals surface area contributed by atoms with Gasteiger partial charge >= 0.3 is 5.63 Å². The molecular formula is C20H18O4. The molecule has 1 heterocycles. The normalized spacial score (nSPS) is 12.2. The molecule has 0 fully saturated rings. The topological polar surface area (TPSA) is 67.5 Å². The minimum Gasteiger partial charge on any atom is -0.507 e. The van der Waals surface area contributed by atoms with Crippen molar-refractivity contribution in [3.05, 3.63) is 75.6 Å². The molecule has 0 aliphatic carbocycles. The van der Waals surface area contributed by atoms with E-state index in [9.17, 15) is 14.7 Å². The summed E-state index contributed by atoms with van der Waals surface area (Å²) in [5, 5.41) is 11.0. The van der Waals surface area contributed by atoms with Gasteiger partial charge in [-0.15, -0.1) is 0 Å². The van der Waals surface area contributed by atoms with Crippen LogP contribution in [0.2, 0.25) is 0 Å². The first-order chi connectivity index (χ1) is 11.5. The summed E-state index contributed by atoms with van der Waals surface area (Å²) in [5.74, 6) is -0.668. The van der Waals surface area contributed by atoms with E-state index in [4.69, 9.17) is 4.42 Å². The Labute approximate surface area is 139 Å². The number of benzene rings is 2. The number of carbonyl (C=O) groups excluding carboxylic acids is 1. The quantitative estimate of drug-likeness (QED) is 0.743. The molecule has 2 aromatic carbocycles. The Balaban J connectivity index is 2.11. The Morgan fingerprint density at radius 3 is 2.54 bits per heavy atom. The lowest BCUT2D eigenvalue weighted by atomic mass is 9.89. The maximum Gasteiger partial charge on any atom is 0.343 e. The van der Waals surface area contributed by atoms with Crippen molar-refractivity contribution < 1.29 is 14.3 Å². The number of rotatable bonds is 4. The molecule has 0 saturated heterocycles. The smallest absolute Gasteiger partial charge is 0.343 e. The van der Waals surface area contributed by atoms with Gasteiger partial charge < -0.3 is 9.52 Å². The number of ketones is 1. The molecule has 0 saturated carbocycles. The molecule has 3 aromatic rings. The number of aryl methyl sites for hydroxylation is 1. The highest BCUT2D eigenvalue weighted by molar-refractivity contribution is 5.86. The zero-order chi connectivity index (χ0) is 17.3. The van der Waals surface area contributed by atoms with E-state index in [1.807, 2.05) is 43.3 Å². The monoisotopic (exact) mass is 322 g/mol. The Morgan fingerprint density at radius 2 is 1.88 bits per heavy atom. The van der Waals surface area contributed by atoms with Gasteiger partial charge in [-0.05, 0) is 38.0 Å². The van der Waals surface area contributed by atoms with Crippen molar-refractivity contribution >= 4 is 16.8 Å². The minimum absolute atomic E-state index is 0.0654. The standard InChI is InChI=1S/C20H18O4/c1-12-8-9-18-16(10-12)19(22)17(20(23)24-18)11-15(13(2)21)14-6-4-3-5-7-14/h3-10,15,22H,11H2,1-2H3. The molecule has 24 heavy (non-hydrogen) atoms. The molecule has 0 bridgehead atoms. The molecule has 0 aliphatic rings. The summed E-state index contributed by atoms with van der Waals surface area (Å²) < 4.78 is 5.32. The third kappa shape index (κ3) is 2.95. The van der Waals surface area contributed by atoms with Crippen LogP contribution in [0.3, 0.4) is 0 Å². The van der Waals surface area contributed by atoms with Crippen molar-refractivity contribution in [1.29, 1.82) is 0 Å². The van der Waals surface area contributed by atoms with Crippen LogP contribution >= 0.6 is 0 Å². The van der Waals surface area contributed by atoms with Crippen LogP contribution in [0, 0.1) is 6.92 Å². The van der Waals surface area contributed by atoms with Gasteiger partial charge in [0.2, 0.25) is 0 Å². The molecule has 0 amide bonds. The predicted octanol–water partition coefficient (Wildman–Crippen LogP) is 3.72. The fraction of sp³-hybridized carbons (Fsp3) is 0.200. The fourth-order valence-electron chi connectivity index (χ4n) is 2.90. The highest BCUT2D eigenvalue weighted by atomic mass is 16.4. The Bertz CT molecular complexity index is 955. The van der Waals surface area contributed by atoms with Gasteiger partial charge in [-0.2, -0.15) is 0 Å². The molecule has 3 rings (SSSR count). The summed E-state index contributed by atoms with van der Waals surface area (Å²) in [7, 11) is 0. The maximum atomic E-state index is 12.3. The van der Waals surface area contributed by atoms with Gasteiger partial charge in [-0.25, -0.2) is 4.79 Å². The van der Waals surface area contributed by atoms with Gasteiger partial charge in [0.05, 0.1) is 10.9 Å². The summed E-state index contributed by atoms with van der Waals surface area (Å²) in [5.41, 5.74) is 1.63. The molecule has 0 aliphatic heterocycles. The molecule has 1 unspecified atom stereocenters. The van der Waals surface area contributed by atoms with Gasteiger partial charge in [0.25, 0.3) is 0 Å². The Morgan fingerprint density at radius 1 is 1.17 bits per heavy atom. The molecule has 0 spiro atoms. The van der Waals surface area contributed by atoms with E-state index in [0.717, 1.165) is 11.1 Å². The number of hydrogen-bond donors (Lipinski definition) is 1. The predicted molar refractivity (Wildman–Crippen MR) is 92.5 cm³/mol. The van der Waals surface area contributed by atoms with Crippen LogP contribution < -0.4 is 5.63 Å². The first kappa shape index (κ1) is 16.0. The van der Waals surface area contributed by atoms with Crippen LogP contribution in [-0.2, 0) is 11.2 Å². The van der Waals surface area contributed by atoms with Gasteiger partial charge in [0.15, 0.2) is 0 Å². The lowest BCUT2D eigenvalue weighted by Gasteiger charge is -2.15. The largest absolute Gasteiger partial charge is 0.507 e. The third-order valence-corrected chi connectivity index (χ3v) is 4.23. The molecule has 122 valence electrons. The zero-order valence-corrected chi connectivity index (χ0v) is 13.6. The van der Waals surface area contributed by atoms with Crippen molar-refractivity contribution in [3.8, 4) is 5.75 Å². The van der Waals surface area contributed by atoms with Crippen LogP contribution in [0.25, 0.3) is 11.0 Å². The summed E-state index contributed by atoms with van der Waals surface area (Å²) >= 11 is 0. The number of carbonyl (C=O) groups is 1. The van der Waals surface area contributed by atoms with Crippen LogP contribution in [0.1, 0.15) is 29.5 Å². The SMILES string of the molecule is CC(=O)C(Cc1c(O)c2cc(C)ccc2oc1=O)c1ccccc1. The highest BCUT2D eigenvalue weighted by Crippen LogP contribution is 2.31. The minimum atomic E-state index is -0.606. The first-order valence-electron chi connectivity index (χ1n) is 7.78. The average Bonchev–Trinajstić information content (AvgIpc) is 2.56. The van der Waals surface area contributed by atoms with E-state index in [1.165, 1.54) is 6.92 Å². The van der Waals surface area contributed by atoms with E-state index in [1.54, 1.807) is 12.1 Å². The number of fused-ring (bicyclic) bond motifs is 1. The van der Waals surface area contributed by atoms with Crippen molar-refractivity contribution in [3.63, 3.8) is 0 Å². The van der Waals surface area contributed by atoms with E-state index in [2.05, 4.69) is 0 Å². The Hall–Kier alpha value is -2.88. The number of Topliss-reactive ketones (excluding diaryl/α,β-unsaturated/α-hetero) is 1. The zero-order valence-electron chi connectivity index (χ0n) is 13.6. The molecule has 1 atom stereocenters. The van der Waals surface area contributed by atoms with Crippen LogP contribution in [0.4, 0.5) is 0 Å². The molecular weight excluding hydrogens is 304 g/mol. The molecule has 1 aromatic heterocycles. The second kappa shape index (κ2) is 6.32. The van der Waals surface area contributed by atoms with E-state index in [0.29, 0.717) is 11.0 Å². The summed E-state index contributed by atoms with van der Waals surface area (Å²) in [6.07, 6.45) is 0.109. The lowest BCUT2D eigenvalue weighted by Crippen LogP contribution is -2.17. The van der Waals surface area contributed by atoms with Crippen molar-refractivity contribution in [2.24, 2.45) is 0 Å². The third-order valence-electron chi connectivity index (χ3n) is 4.23. The second-order valence-electron chi connectivity index (χ2n) is 5.99. The Kier molecular flexibility index (Phi) is 4.21. The van der Waals surface area contributed by atoms with Crippen LogP contribution in [-0.4, -0.2) is 10.9 Å². The maximum absolute atomic E-state index is 12.3. The van der Waals surface area contributed by atoms with Crippen molar-refractivity contribution in [2.45, 2.75) is 26.2 Å². The second-order valence-corrected chi connectivity index (χ2v) is 5.99.